The van der Waals surface area contributed by atoms with Gasteiger partial charge in [0, 0.05) is 11.1 Å². The molecule has 2 aromatic rings. The Balaban J connectivity index is 2.37. The molecule has 1 unspecified atom stereocenters. The number of hydrogen-bond donors (Lipinski definition) is 2. The van der Waals surface area contributed by atoms with Crippen molar-refractivity contribution < 1.29 is 27.1 Å². The second-order valence-corrected chi connectivity index (χ2v) is 7.02. The standard InChI is InChI=1S/C15H12ClF2NO4S/c16-10-3-1-9(2-4-10)13(8-15(20)21)19-24(22,23)14-6-5-11(17)7-12(14)18/h1-7,13,19H,8H2,(H,20,21). The molecular formula is C15H12ClF2NO4S. The maximum atomic E-state index is 13.7. The first-order chi connectivity index (χ1) is 11.2. The van der Waals surface area contributed by atoms with Crippen LogP contribution in [0.1, 0.15) is 18.0 Å². The number of aliphatic carboxylic acids is 1. The Kier molecular flexibility index (Phi) is 5.53. The fraction of sp³-hybridized carbons (Fsp3) is 0.133. The topological polar surface area (TPSA) is 83.5 Å². The molecule has 2 N–H and O–H groups in total. The molecule has 0 aliphatic heterocycles. The number of carboxylic acid groups (broad SMARTS) is 1. The van der Waals surface area contributed by atoms with Gasteiger partial charge in [-0.1, -0.05) is 23.7 Å². The summed E-state index contributed by atoms with van der Waals surface area (Å²) in [6.45, 7) is 0. The van der Waals surface area contributed by atoms with Gasteiger partial charge in [-0.2, -0.15) is 0 Å². The summed E-state index contributed by atoms with van der Waals surface area (Å²) < 4.78 is 53.4. The van der Waals surface area contributed by atoms with E-state index in [-0.39, 0.29) is 0 Å². The molecule has 128 valence electrons. The molecule has 0 heterocycles. The van der Waals surface area contributed by atoms with Gasteiger partial charge >= 0.3 is 5.97 Å². The molecule has 0 saturated heterocycles. The summed E-state index contributed by atoms with van der Waals surface area (Å²) in [5, 5.41) is 9.36. The Morgan fingerprint density at radius 2 is 1.79 bits per heavy atom. The summed E-state index contributed by atoms with van der Waals surface area (Å²) in [4.78, 5) is 10.2. The number of nitrogens with one attached hydrogen (secondary N) is 1. The van der Waals surface area contributed by atoms with Crippen LogP contribution in [0.3, 0.4) is 0 Å². The minimum absolute atomic E-state index is 0.341. The maximum absolute atomic E-state index is 13.7. The highest BCUT2D eigenvalue weighted by molar-refractivity contribution is 7.89. The van der Waals surface area contributed by atoms with Crippen LogP contribution in [0.4, 0.5) is 8.78 Å². The van der Waals surface area contributed by atoms with Gasteiger partial charge in [0.2, 0.25) is 10.0 Å². The van der Waals surface area contributed by atoms with Crippen molar-refractivity contribution in [2.45, 2.75) is 17.4 Å². The van der Waals surface area contributed by atoms with Crippen molar-refractivity contribution in [3.8, 4) is 0 Å². The quantitative estimate of drug-likeness (QED) is 0.812. The lowest BCUT2D eigenvalue weighted by atomic mass is 10.1. The molecule has 0 bridgehead atoms. The lowest BCUT2D eigenvalue weighted by Gasteiger charge is -2.18. The second kappa shape index (κ2) is 7.25. The smallest absolute Gasteiger partial charge is 0.305 e. The minimum Gasteiger partial charge on any atom is -0.481 e. The molecule has 0 saturated carbocycles. The van der Waals surface area contributed by atoms with Gasteiger partial charge in [0.05, 0.1) is 12.5 Å². The van der Waals surface area contributed by atoms with E-state index in [1.807, 2.05) is 0 Å². The van der Waals surface area contributed by atoms with Crippen LogP contribution in [0.5, 0.6) is 0 Å². The van der Waals surface area contributed by atoms with Crippen LogP contribution in [0.25, 0.3) is 0 Å². The molecule has 0 spiro atoms. The molecule has 2 aromatic carbocycles. The Labute approximate surface area is 141 Å². The lowest BCUT2D eigenvalue weighted by molar-refractivity contribution is -0.137. The van der Waals surface area contributed by atoms with E-state index in [2.05, 4.69) is 4.72 Å². The number of halogens is 3. The van der Waals surface area contributed by atoms with Crippen LogP contribution < -0.4 is 4.72 Å². The van der Waals surface area contributed by atoms with Crippen LogP contribution in [0.15, 0.2) is 47.4 Å². The number of benzene rings is 2. The summed E-state index contributed by atoms with van der Waals surface area (Å²) in [6, 6.07) is 6.71. The summed E-state index contributed by atoms with van der Waals surface area (Å²) in [5.41, 5.74) is 0.341. The molecule has 0 amide bonds. The number of sulfonamides is 1. The molecule has 0 radical (unpaired) electrons. The first-order valence-electron chi connectivity index (χ1n) is 6.63. The van der Waals surface area contributed by atoms with Crippen molar-refractivity contribution in [2.24, 2.45) is 0 Å². The van der Waals surface area contributed by atoms with E-state index in [0.29, 0.717) is 16.7 Å². The van der Waals surface area contributed by atoms with Crippen molar-refractivity contribution in [2.75, 3.05) is 0 Å². The van der Waals surface area contributed by atoms with Gasteiger partial charge in [0.15, 0.2) is 0 Å². The van der Waals surface area contributed by atoms with Crippen molar-refractivity contribution >= 4 is 27.6 Å². The van der Waals surface area contributed by atoms with E-state index in [0.717, 1.165) is 12.1 Å². The summed E-state index contributed by atoms with van der Waals surface area (Å²) >= 11 is 5.75. The van der Waals surface area contributed by atoms with Gasteiger partial charge in [0.1, 0.15) is 16.5 Å². The third-order valence-corrected chi connectivity index (χ3v) is 4.89. The predicted molar refractivity (Wildman–Crippen MR) is 83.1 cm³/mol. The third-order valence-electron chi connectivity index (χ3n) is 3.13. The van der Waals surface area contributed by atoms with E-state index in [1.165, 1.54) is 24.3 Å². The third kappa shape index (κ3) is 4.50. The van der Waals surface area contributed by atoms with Gasteiger partial charge in [-0.3, -0.25) is 4.79 Å². The van der Waals surface area contributed by atoms with Gasteiger partial charge in [-0.05, 0) is 29.8 Å². The molecule has 24 heavy (non-hydrogen) atoms. The zero-order valence-electron chi connectivity index (χ0n) is 12.0. The molecule has 0 aliphatic carbocycles. The molecular weight excluding hydrogens is 364 g/mol. The number of carbonyl (C=O) groups is 1. The summed E-state index contributed by atoms with van der Waals surface area (Å²) in [6.07, 6.45) is -0.566. The zero-order valence-corrected chi connectivity index (χ0v) is 13.6. The predicted octanol–water partition coefficient (Wildman–Crippen LogP) is 3.11. The van der Waals surface area contributed by atoms with E-state index < -0.39 is 45.0 Å². The zero-order chi connectivity index (χ0) is 17.9. The van der Waals surface area contributed by atoms with Crippen LogP contribution in [0, 0.1) is 11.6 Å². The summed E-state index contributed by atoms with van der Waals surface area (Å²) in [5.74, 6) is -3.45. The molecule has 0 fully saturated rings. The average Bonchev–Trinajstić information content (AvgIpc) is 2.46. The minimum atomic E-state index is -4.40. The highest BCUT2D eigenvalue weighted by Crippen LogP contribution is 2.23. The fourth-order valence-corrected chi connectivity index (χ4v) is 3.45. The van der Waals surface area contributed by atoms with Gasteiger partial charge in [-0.25, -0.2) is 21.9 Å². The molecule has 9 heteroatoms. The van der Waals surface area contributed by atoms with Crippen molar-refractivity contribution in [1.29, 1.82) is 0 Å². The Bertz CT molecular complexity index is 856. The van der Waals surface area contributed by atoms with Crippen molar-refractivity contribution in [3.63, 3.8) is 0 Å². The van der Waals surface area contributed by atoms with E-state index >= 15 is 0 Å². The van der Waals surface area contributed by atoms with Crippen LogP contribution in [-0.4, -0.2) is 19.5 Å². The lowest BCUT2D eigenvalue weighted by Crippen LogP contribution is -2.31. The molecule has 2 rings (SSSR count). The Morgan fingerprint density at radius 3 is 2.33 bits per heavy atom. The number of rotatable bonds is 6. The molecule has 5 nitrogen and oxygen atoms in total. The largest absolute Gasteiger partial charge is 0.481 e. The molecule has 0 aromatic heterocycles. The first-order valence-corrected chi connectivity index (χ1v) is 8.50. The van der Waals surface area contributed by atoms with Crippen molar-refractivity contribution in [1.82, 2.24) is 4.72 Å². The van der Waals surface area contributed by atoms with Crippen LogP contribution >= 0.6 is 11.6 Å². The van der Waals surface area contributed by atoms with E-state index in [4.69, 9.17) is 16.7 Å². The Morgan fingerprint density at radius 1 is 1.17 bits per heavy atom. The Hall–Kier alpha value is -2.03. The van der Waals surface area contributed by atoms with E-state index in [1.54, 1.807) is 0 Å². The van der Waals surface area contributed by atoms with Gasteiger partial charge in [-0.15, -0.1) is 0 Å². The van der Waals surface area contributed by atoms with Crippen molar-refractivity contribution in [3.05, 3.63) is 64.7 Å². The first kappa shape index (κ1) is 18.3. The average molecular weight is 376 g/mol. The van der Waals surface area contributed by atoms with Crippen LogP contribution in [0.2, 0.25) is 5.02 Å². The summed E-state index contributed by atoms with van der Waals surface area (Å²) in [7, 11) is -4.40. The molecule has 1 atom stereocenters. The number of hydrogen-bond acceptors (Lipinski definition) is 3. The maximum Gasteiger partial charge on any atom is 0.305 e. The SMILES string of the molecule is O=C(O)CC(NS(=O)(=O)c1ccc(F)cc1F)c1ccc(Cl)cc1. The highest BCUT2D eigenvalue weighted by Gasteiger charge is 2.26. The normalized spacial score (nSPS) is 12.8. The number of carboxylic acids is 1. The van der Waals surface area contributed by atoms with Gasteiger partial charge in [0.25, 0.3) is 0 Å². The fourth-order valence-electron chi connectivity index (χ4n) is 2.04. The van der Waals surface area contributed by atoms with E-state index in [9.17, 15) is 22.0 Å². The monoisotopic (exact) mass is 375 g/mol. The van der Waals surface area contributed by atoms with Crippen LogP contribution in [-0.2, 0) is 14.8 Å². The molecule has 0 aliphatic rings. The second-order valence-electron chi connectivity index (χ2n) is 4.90. The highest BCUT2D eigenvalue weighted by atomic mass is 35.5. The van der Waals surface area contributed by atoms with Gasteiger partial charge < -0.3 is 5.11 Å².